The number of ether oxygens (including phenoxy) is 2. The van der Waals surface area contributed by atoms with Crippen molar-refractivity contribution in [1.82, 2.24) is 16.0 Å². The summed E-state index contributed by atoms with van der Waals surface area (Å²) >= 11 is 0. The summed E-state index contributed by atoms with van der Waals surface area (Å²) in [5.41, 5.74) is 0. The van der Waals surface area contributed by atoms with Gasteiger partial charge in [0, 0.05) is 18.9 Å². The molecule has 0 radical (unpaired) electrons. The summed E-state index contributed by atoms with van der Waals surface area (Å²) in [6.07, 6.45) is -3.19. The van der Waals surface area contributed by atoms with Crippen LogP contribution in [0.2, 0.25) is 0 Å². The van der Waals surface area contributed by atoms with Crippen molar-refractivity contribution in [1.29, 1.82) is 0 Å². The van der Waals surface area contributed by atoms with Crippen molar-refractivity contribution in [3.05, 3.63) is 30.1 Å². The predicted molar refractivity (Wildman–Crippen MR) is 128 cm³/mol. The number of carbonyl (C=O) groups is 1. The van der Waals surface area contributed by atoms with Crippen LogP contribution in [0, 0.1) is 11.7 Å². The van der Waals surface area contributed by atoms with Crippen LogP contribution in [0.15, 0.2) is 24.3 Å². The Bertz CT molecular complexity index is 930. The largest absolute Gasteiger partial charge is 0.432 e. The first-order chi connectivity index (χ1) is 17.9. The normalized spacial score (nSPS) is 24.0. The Kier molecular flexibility index (Phi) is 9.16. The van der Waals surface area contributed by atoms with E-state index < -0.39 is 67.4 Å². The number of nitrogens with one attached hydrogen (secondary N) is 3. The van der Waals surface area contributed by atoms with Gasteiger partial charge in [0.15, 0.2) is 0 Å². The third-order valence-electron chi connectivity index (χ3n) is 7.05. The average Bonchev–Trinajstić information content (AvgIpc) is 3.70. The van der Waals surface area contributed by atoms with Crippen LogP contribution in [-0.2, 0) is 9.53 Å². The van der Waals surface area contributed by atoms with Crippen LogP contribution < -0.4 is 20.7 Å². The summed E-state index contributed by atoms with van der Waals surface area (Å²) in [6.45, 7) is 0.589. The molecule has 3 unspecified atom stereocenters. The van der Waals surface area contributed by atoms with Crippen LogP contribution in [0.5, 0.6) is 5.75 Å². The number of halogens is 5. The van der Waals surface area contributed by atoms with Crippen molar-refractivity contribution in [3.63, 3.8) is 0 Å². The highest BCUT2D eigenvalue weighted by Gasteiger charge is 2.49. The fourth-order valence-electron chi connectivity index (χ4n) is 4.42. The minimum atomic E-state index is -3.81. The lowest BCUT2D eigenvalue weighted by molar-refractivity contribution is -0.173. The second-order valence-electron chi connectivity index (χ2n) is 10.6. The van der Waals surface area contributed by atoms with E-state index in [1.165, 1.54) is 0 Å². The molecule has 4 N–H and O–H groups in total. The molecule has 1 aromatic carbocycles. The summed E-state index contributed by atoms with van der Waals surface area (Å²) < 4.78 is 81.0. The predicted octanol–water partition coefficient (Wildman–Crippen LogP) is 3.70. The number of amides is 1. The molecule has 4 rings (SSSR count). The van der Waals surface area contributed by atoms with Crippen molar-refractivity contribution in [2.24, 2.45) is 5.92 Å². The van der Waals surface area contributed by atoms with Crippen LogP contribution in [-0.4, -0.2) is 66.2 Å². The Labute approximate surface area is 218 Å². The molecular weight excluding hydrogens is 513 g/mol. The Balaban J connectivity index is 1.35. The van der Waals surface area contributed by atoms with Crippen molar-refractivity contribution in [2.45, 2.75) is 107 Å². The fourth-order valence-corrected chi connectivity index (χ4v) is 4.42. The van der Waals surface area contributed by atoms with Gasteiger partial charge in [0.2, 0.25) is 11.8 Å². The second-order valence-corrected chi connectivity index (χ2v) is 10.6. The molecule has 0 bridgehead atoms. The molecule has 5 atom stereocenters. The van der Waals surface area contributed by atoms with Crippen LogP contribution >= 0.6 is 0 Å². The minimum Gasteiger partial charge on any atom is -0.432 e. The van der Waals surface area contributed by atoms with Crippen LogP contribution in [0.4, 0.5) is 22.0 Å². The molecule has 1 aliphatic heterocycles. The summed E-state index contributed by atoms with van der Waals surface area (Å²) in [5, 5.41) is 18.9. The smallest absolute Gasteiger partial charge is 0.410 e. The molecule has 1 saturated heterocycles. The average molecular weight is 550 g/mol. The van der Waals surface area contributed by atoms with E-state index in [9.17, 15) is 31.9 Å². The lowest BCUT2D eigenvalue weighted by atomic mass is 10.0. The molecular formula is C26H36F5N3O4. The van der Waals surface area contributed by atoms with Crippen molar-refractivity contribution in [3.8, 4) is 5.75 Å². The number of aliphatic hydroxyl groups is 1. The Morgan fingerprint density at radius 3 is 2.45 bits per heavy atom. The molecule has 1 aromatic rings. The standard InChI is InChI=1S/C26H36F5N3O4/c1-2-19(21(35)22-24(37-22)33-17-7-8-17)34-23(36)20(11-12-25(28,29)13-15-3-4-15)32-14-26(30,31)38-18-9-5-16(27)6-10-18/h5-6,9-10,15,17,19-22,24,32-33,35H,2-4,7-8,11-14H2,1H3,(H,34,36)/t19-,20-,21?,22?,24?/m0/s1. The van der Waals surface area contributed by atoms with Crippen molar-refractivity contribution in [2.75, 3.05) is 6.54 Å². The fraction of sp³-hybridized carbons (Fsp3) is 0.731. The van der Waals surface area contributed by atoms with Crippen LogP contribution in [0.1, 0.15) is 58.3 Å². The summed E-state index contributed by atoms with van der Waals surface area (Å²) in [6, 6.07) is 2.20. The highest BCUT2D eigenvalue weighted by atomic mass is 19.3. The number of carbonyl (C=O) groups excluding carboxylic acids is 1. The number of benzene rings is 1. The lowest BCUT2D eigenvalue weighted by Crippen LogP contribution is -2.54. The van der Waals surface area contributed by atoms with E-state index in [-0.39, 0.29) is 24.3 Å². The van der Waals surface area contributed by atoms with Gasteiger partial charge in [0.25, 0.3) is 0 Å². The summed E-state index contributed by atoms with van der Waals surface area (Å²) in [5.74, 6) is -4.76. The SMILES string of the molecule is CC[C@H](NC(=O)[C@H](CCC(F)(F)CC1CC1)NCC(F)(F)Oc1ccc(F)cc1)C(O)C1OC1NC1CC1. The number of hydrogen-bond acceptors (Lipinski definition) is 6. The zero-order valence-corrected chi connectivity index (χ0v) is 21.3. The monoisotopic (exact) mass is 549 g/mol. The minimum absolute atomic E-state index is 0.0472. The zero-order chi connectivity index (χ0) is 27.5. The molecule has 38 heavy (non-hydrogen) atoms. The van der Waals surface area contributed by atoms with Gasteiger partial charge in [0.1, 0.15) is 36.5 Å². The van der Waals surface area contributed by atoms with Gasteiger partial charge < -0.3 is 19.9 Å². The zero-order valence-electron chi connectivity index (χ0n) is 21.3. The van der Waals surface area contributed by atoms with Gasteiger partial charge in [-0.25, -0.2) is 13.2 Å². The Morgan fingerprint density at radius 2 is 1.84 bits per heavy atom. The summed E-state index contributed by atoms with van der Waals surface area (Å²) in [4.78, 5) is 13.1. The van der Waals surface area contributed by atoms with Crippen molar-refractivity contribution >= 4 is 5.91 Å². The van der Waals surface area contributed by atoms with Gasteiger partial charge in [-0.05, 0) is 68.7 Å². The third kappa shape index (κ3) is 9.03. The molecule has 0 aromatic heterocycles. The maximum Gasteiger partial charge on any atom is 0.410 e. The summed E-state index contributed by atoms with van der Waals surface area (Å²) in [7, 11) is 0. The molecule has 1 amide bonds. The molecule has 2 aliphatic carbocycles. The van der Waals surface area contributed by atoms with Crippen molar-refractivity contribution < 1.29 is 41.3 Å². The van der Waals surface area contributed by atoms with E-state index in [4.69, 9.17) is 4.74 Å². The van der Waals surface area contributed by atoms with E-state index in [0.29, 0.717) is 12.5 Å². The number of epoxide rings is 1. The second kappa shape index (κ2) is 12.0. The van der Waals surface area contributed by atoms with Gasteiger partial charge in [0.05, 0.1) is 12.1 Å². The highest BCUT2D eigenvalue weighted by Crippen LogP contribution is 2.41. The highest BCUT2D eigenvalue weighted by molar-refractivity contribution is 5.82. The quantitative estimate of drug-likeness (QED) is 0.175. The van der Waals surface area contributed by atoms with Gasteiger partial charge in [-0.3, -0.25) is 15.4 Å². The number of aliphatic hydroxyl groups excluding tert-OH is 1. The molecule has 214 valence electrons. The Morgan fingerprint density at radius 1 is 1.16 bits per heavy atom. The number of rotatable bonds is 17. The first-order valence-electron chi connectivity index (χ1n) is 13.3. The lowest BCUT2D eigenvalue weighted by Gasteiger charge is -2.28. The molecule has 2 saturated carbocycles. The van der Waals surface area contributed by atoms with E-state index in [1.54, 1.807) is 6.92 Å². The van der Waals surface area contributed by atoms with E-state index in [2.05, 4.69) is 20.7 Å². The van der Waals surface area contributed by atoms with Gasteiger partial charge >= 0.3 is 6.11 Å². The van der Waals surface area contributed by atoms with Crippen LogP contribution in [0.3, 0.4) is 0 Å². The Hall–Kier alpha value is -2.02. The van der Waals surface area contributed by atoms with Gasteiger partial charge in [-0.2, -0.15) is 8.78 Å². The molecule has 3 fully saturated rings. The third-order valence-corrected chi connectivity index (χ3v) is 7.05. The molecule has 0 spiro atoms. The van der Waals surface area contributed by atoms with Gasteiger partial charge in [-0.15, -0.1) is 0 Å². The maximum absolute atomic E-state index is 14.5. The molecule has 12 heteroatoms. The van der Waals surface area contributed by atoms with E-state index >= 15 is 0 Å². The first kappa shape index (κ1) is 29.0. The van der Waals surface area contributed by atoms with Crippen LogP contribution in [0.25, 0.3) is 0 Å². The van der Waals surface area contributed by atoms with Gasteiger partial charge in [-0.1, -0.05) is 6.92 Å². The van der Waals surface area contributed by atoms with E-state index in [1.807, 2.05) is 0 Å². The molecule has 3 aliphatic rings. The molecule has 7 nitrogen and oxygen atoms in total. The topological polar surface area (TPSA) is 95.2 Å². The maximum atomic E-state index is 14.5. The first-order valence-corrected chi connectivity index (χ1v) is 13.3. The molecule has 1 heterocycles. The van der Waals surface area contributed by atoms with E-state index in [0.717, 1.165) is 49.9 Å². The number of alkyl halides is 4. The number of hydrogen-bond donors (Lipinski definition) is 4.